The van der Waals surface area contributed by atoms with Gasteiger partial charge in [-0.2, -0.15) is 0 Å². The van der Waals surface area contributed by atoms with Crippen LogP contribution < -0.4 is 10.1 Å². The Morgan fingerprint density at radius 1 is 1.23 bits per heavy atom. The number of hydrogen-bond acceptors (Lipinski definition) is 5. The molecular formula is C20H31NO5. The van der Waals surface area contributed by atoms with Crippen LogP contribution in [0, 0.1) is 5.92 Å². The summed E-state index contributed by atoms with van der Waals surface area (Å²) in [5.74, 6) is -0.00894. The molecule has 6 nitrogen and oxygen atoms in total. The van der Waals surface area contributed by atoms with Crippen molar-refractivity contribution in [3.8, 4) is 5.75 Å². The fourth-order valence-electron chi connectivity index (χ4n) is 2.18. The van der Waals surface area contributed by atoms with Crippen molar-refractivity contribution >= 4 is 17.6 Å². The molecule has 0 saturated carbocycles. The van der Waals surface area contributed by atoms with Crippen molar-refractivity contribution in [1.82, 2.24) is 0 Å². The molecule has 1 aromatic rings. The molecule has 0 bridgehead atoms. The molecule has 0 aliphatic rings. The van der Waals surface area contributed by atoms with Gasteiger partial charge in [-0.05, 0) is 43.9 Å². The lowest BCUT2D eigenvalue weighted by Crippen LogP contribution is -2.42. The maximum atomic E-state index is 12.6. The Labute approximate surface area is 156 Å². The van der Waals surface area contributed by atoms with Crippen molar-refractivity contribution in [3.63, 3.8) is 0 Å². The second kappa shape index (κ2) is 10.2. The third kappa shape index (κ3) is 6.02. The van der Waals surface area contributed by atoms with Crippen LogP contribution in [0.3, 0.4) is 0 Å². The molecule has 26 heavy (non-hydrogen) atoms. The third-order valence-corrected chi connectivity index (χ3v) is 3.99. The van der Waals surface area contributed by atoms with Gasteiger partial charge < -0.3 is 19.5 Å². The van der Waals surface area contributed by atoms with Crippen molar-refractivity contribution < 1.29 is 23.8 Å². The Bertz CT molecular complexity index is 614. The highest BCUT2D eigenvalue weighted by Gasteiger charge is 2.32. The molecule has 0 fully saturated rings. The summed E-state index contributed by atoms with van der Waals surface area (Å²) >= 11 is 0. The molecule has 0 aliphatic carbocycles. The molecule has 0 spiro atoms. The van der Waals surface area contributed by atoms with Gasteiger partial charge in [-0.3, -0.25) is 4.79 Å². The van der Waals surface area contributed by atoms with E-state index in [1.165, 1.54) is 7.11 Å². The Morgan fingerprint density at radius 3 is 2.46 bits per heavy atom. The number of carbonyl (C=O) groups is 2. The van der Waals surface area contributed by atoms with Crippen LogP contribution in [0.4, 0.5) is 5.69 Å². The highest BCUT2D eigenvalue weighted by Crippen LogP contribution is 2.26. The van der Waals surface area contributed by atoms with Crippen LogP contribution in [0.2, 0.25) is 0 Å². The number of benzene rings is 1. The van der Waals surface area contributed by atoms with Crippen molar-refractivity contribution in [1.29, 1.82) is 0 Å². The van der Waals surface area contributed by atoms with E-state index in [0.717, 1.165) is 6.42 Å². The molecule has 0 saturated heterocycles. The van der Waals surface area contributed by atoms with Gasteiger partial charge in [-0.1, -0.05) is 27.7 Å². The zero-order valence-corrected chi connectivity index (χ0v) is 16.7. The third-order valence-electron chi connectivity index (χ3n) is 3.99. The van der Waals surface area contributed by atoms with Crippen molar-refractivity contribution in [2.75, 3.05) is 25.6 Å². The SMILES string of the molecule is CCCO[C@@](C)(CC)C(=O)Nc1ccc(OCC(C)C)c(C(=O)OC)c1. The summed E-state index contributed by atoms with van der Waals surface area (Å²) in [6.45, 7) is 10.7. The molecule has 6 heteroatoms. The Morgan fingerprint density at radius 2 is 1.92 bits per heavy atom. The number of anilines is 1. The van der Waals surface area contributed by atoms with Gasteiger partial charge in [0.25, 0.3) is 5.91 Å². The molecule has 1 N–H and O–H groups in total. The second-order valence-electron chi connectivity index (χ2n) is 6.79. The van der Waals surface area contributed by atoms with Crippen molar-refractivity contribution in [2.45, 2.75) is 53.1 Å². The lowest BCUT2D eigenvalue weighted by Gasteiger charge is -2.27. The predicted octanol–water partition coefficient (Wildman–Crippen LogP) is 4.04. The summed E-state index contributed by atoms with van der Waals surface area (Å²) in [4.78, 5) is 24.7. The average molecular weight is 365 g/mol. The summed E-state index contributed by atoms with van der Waals surface area (Å²) in [6, 6.07) is 4.94. The number of methoxy groups -OCH3 is 1. The van der Waals surface area contributed by atoms with E-state index in [4.69, 9.17) is 14.2 Å². The molecule has 1 rings (SSSR count). The van der Waals surface area contributed by atoms with Crippen LogP contribution >= 0.6 is 0 Å². The minimum absolute atomic E-state index is 0.250. The summed E-state index contributed by atoms with van der Waals surface area (Å²) in [5, 5.41) is 2.83. The van der Waals surface area contributed by atoms with E-state index in [9.17, 15) is 9.59 Å². The first-order valence-electron chi connectivity index (χ1n) is 9.07. The maximum Gasteiger partial charge on any atom is 0.341 e. The molecule has 0 aromatic heterocycles. The summed E-state index contributed by atoms with van der Waals surface area (Å²) in [7, 11) is 1.31. The Hall–Kier alpha value is -2.08. The molecule has 1 atom stereocenters. The monoisotopic (exact) mass is 365 g/mol. The normalized spacial score (nSPS) is 13.2. The molecule has 0 aliphatic heterocycles. The number of ether oxygens (including phenoxy) is 3. The van der Waals surface area contributed by atoms with E-state index in [-0.39, 0.29) is 11.5 Å². The molecule has 0 heterocycles. The van der Waals surface area contributed by atoms with Crippen LogP contribution in [0.15, 0.2) is 18.2 Å². The van der Waals surface area contributed by atoms with E-state index >= 15 is 0 Å². The van der Waals surface area contributed by atoms with Crippen LogP contribution in [0.5, 0.6) is 5.75 Å². The van der Waals surface area contributed by atoms with Crippen LogP contribution in [-0.2, 0) is 14.3 Å². The standard InChI is InChI=1S/C20H31NO5/c1-7-11-26-20(5,8-2)19(23)21-15-9-10-17(25-13-14(3)4)16(12-15)18(22)24-6/h9-10,12,14H,7-8,11,13H2,1-6H3,(H,21,23)/t20-/m0/s1. The molecule has 1 amide bonds. The van der Waals surface area contributed by atoms with Crippen molar-refractivity contribution in [2.24, 2.45) is 5.92 Å². The number of rotatable bonds is 10. The maximum absolute atomic E-state index is 12.6. The van der Waals surface area contributed by atoms with Gasteiger partial charge in [-0.15, -0.1) is 0 Å². The van der Waals surface area contributed by atoms with E-state index in [2.05, 4.69) is 5.32 Å². The summed E-state index contributed by atoms with van der Waals surface area (Å²) in [5.41, 5.74) is -0.153. The number of carbonyl (C=O) groups excluding carboxylic acids is 2. The van der Waals surface area contributed by atoms with Gasteiger partial charge >= 0.3 is 5.97 Å². The van der Waals surface area contributed by atoms with E-state index < -0.39 is 11.6 Å². The first-order valence-corrected chi connectivity index (χ1v) is 9.07. The average Bonchev–Trinajstić information content (AvgIpc) is 2.63. The van der Waals surface area contributed by atoms with Crippen LogP contribution in [-0.4, -0.2) is 37.8 Å². The van der Waals surface area contributed by atoms with Crippen LogP contribution in [0.1, 0.15) is 57.8 Å². The highest BCUT2D eigenvalue weighted by atomic mass is 16.5. The Balaban J connectivity index is 3.02. The number of nitrogens with one attached hydrogen (secondary N) is 1. The van der Waals surface area contributed by atoms with E-state index in [0.29, 0.717) is 37.0 Å². The van der Waals surface area contributed by atoms with E-state index in [1.54, 1.807) is 25.1 Å². The topological polar surface area (TPSA) is 73.9 Å². The smallest absolute Gasteiger partial charge is 0.341 e. The van der Waals surface area contributed by atoms with E-state index in [1.807, 2.05) is 27.7 Å². The lowest BCUT2D eigenvalue weighted by atomic mass is 10.0. The first-order chi connectivity index (χ1) is 12.3. The lowest BCUT2D eigenvalue weighted by molar-refractivity contribution is -0.139. The largest absolute Gasteiger partial charge is 0.492 e. The fraction of sp³-hybridized carbons (Fsp3) is 0.600. The zero-order valence-electron chi connectivity index (χ0n) is 16.7. The zero-order chi connectivity index (χ0) is 19.7. The molecule has 0 radical (unpaired) electrons. The van der Waals surface area contributed by atoms with Gasteiger partial charge in [-0.25, -0.2) is 4.79 Å². The predicted molar refractivity (Wildman–Crippen MR) is 102 cm³/mol. The summed E-state index contributed by atoms with van der Waals surface area (Å²) in [6.07, 6.45) is 1.37. The first kappa shape index (κ1) is 22.0. The number of esters is 1. The fourth-order valence-corrected chi connectivity index (χ4v) is 2.18. The summed E-state index contributed by atoms with van der Waals surface area (Å²) < 4.78 is 16.2. The van der Waals surface area contributed by atoms with Gasteiger partial charge in [0, 0.05) is 12.3 Å². The van der Waals surface area contributed by atoms with Gasteiger partial charge in [0.15, 0.2) is 0 Å². The van der Waals surface area contributed by atoms with Crippen LogP contribution in [0.25, 0.3) is 0 Å². The van der Waals surface area contributed by atoms with Gasteiger partial charge in [0.1, 0.15) is 16.9 Å². The minimum atomic E-state index is -0.922. The minimum Gasteiger partial charge on any atom is -0.492 e. The number of hydrogen-bond donors (Lipinski definition) is 1. The molecular weight excluding hydrogens is 334 g/mol. The second-order valence-corrected chi connectivity index (χ2v) is 6.79. The number of amides is 1. The molecule has 0 unspecified atom stereocenters. The molecule has 1 aromatic carbocycles. The quantitative estimate of drug-likeness (QED) is 0.633. The van der Waals surface area contributed by atoms with Gasteiger partial charge in [0.05, 0.1) is 13.7 Å². The molecule has 146 valence electrons. The van der Waals surface area contributed by atoms with Crippen molar-refractivity contribution in [3.05, 3.63) is 23.8 Å². The Kier molecular flexibility index (Phi) is 8.58. The van der Waals surface area contributed by atoms with Gasteiger partial charge in [0.2, 0.25) is 0 Å². The highest BCUT2D eigenvalue weighted by molar-refractivity contribution is 5.99.